The minimum absolute atomic E-state index is 0.0523. The third-order valence-electron chi connectivity index (χ3n) is 5.87. The molecule has 3 rings (SSSR count). The van der Waals surface area contributed by atoms with Crippen LogP contribution in [0.15, 0.2) is 54.1 Å². The molecule has 0 radical (unpaired) electrons. The second-order valence-electron chi connectivity index (χ2n) is 8.49. The Labute approximate surface area is 207 Å². The Balaban J connectivity index is 1.99. The van der Waals surface area contributed by atoms with Gasteiger partial charge in [0.2, 0.25) is 0 Å². The van der Waals surface area contributed by atoms with Gasteiger partial charge in [-0.2, -0.15) is 0 Å². The van der Waals surface area contributed by atoms with Crippen molar-refractivity contribution in [3.05, 3.63) is 65.2 Å². The minimum Gasteiger partial charge on any atom is -0.507 e. The van der Waals surface area contributed by atoms with Crippen molar-refractivity contribution in [3.8, 4) is 11.5 Å². The zero-order valence-electron chi connectivity index (χ0n) is 20.8. The molecular weight excluding hydrogens is 446 g/mol. The Hall–Kier alpha value is -3.32. The van der Waals surface area contributed by atoms with Gasteiger partial charge in [0, 0.05) is 19.2 Å². The molecule has 188 valence electrons. The highest BCUT2D eigenvalue weighted by Gasteiger charge is 2.46. The number of methoxy groups -OCH3 is 1. The zero-order valence-corrected chi connectivity index (χ0v) is 20.8. The molecule has 7 heteroatoms. The lowest BCUT2D eigenvalue weighted by Gasteiger charge is -2.25. The number of likely N-dealkylation sites (tertiary alicyclic amines) is 1. The molecule has 1 heterocycles. The van der Waals surface area contributed by atoms with Crippen molar-refractivity contribution in [1.29, 1.82) is 0 Å². The molecule has 0 aromatic heterocycles. The summed E-state index contributed by atoms with van der Waals surface area (Å²) < 4.78 is 16.7. The highest BCUT2D eigenvalue weighted by atomic mass is 16.5. The molecule has 0 saturated carbocycles. The number of hydrogen-bond donors (Lipinski definition) is 1. The number of aliphatic hydroxyl groups is 1. The van der Waals surface area contributed by atoms with Crippen LogP contribution in [-0.4, -0.2) is 55.2 Å². The van der Waals surface area contributed by atoms with Gasteiger partial charge in [-0.25, -0.2) is 0 Å². The molecule has 0 bridgehead atoms. The lowest BCUT2D eigenvalue weighted by molar-refractivity contribution is -0.140. The van der Waals surface area contributed by atoms with Crippen LogP contribution in [-0.2, 0) is 14.3 Å². The van der Waals surface area contributed by atoms with Crippen molar-refractivity contribution in [2.45, 2.75) is 45.6 Å². The number of ether oxygens (including phenoxy) is 3. The lowest BCUT2D eigenvalue weighted by Crippen LogP contribution is -2.32. The maximum Gasteiger partial charge on any atom is 0.295 e. The maximum atomic E-state index is 13.1. The lowest BCUT2D eigenvalue weighted by atomic mass is 9.95. The summed E-state index contributed by atoms with van der Waals surface area (Å²) in [6.45, 7) is 5.82. The number of ketones is 1. The predicted octanol–water partition coefficient (Wildman–Crippen LogP) is 5.11. The molecule has 1 aliphatic heterocycles. The summed E-state index contributed by atoms with van der Waals surface area (Å²) in [7, 11) is 1.54. The number of aliphatic hydroxyl groups excluding tert-OH is 1. The van der Waals surface area contributed by atoms with E-state index in [9.17, 15) is 14.7 Å². The van der Waals surface area contributed by atoms with Gasteiger partial charge < -0.3 is 24.2 Å². The predicted molar refractivity (Wildman–Crippen MR) is 135 cm³/mol. The van der Waals surface area contributed by atoms with Gasteiger partial charge in [0.05, 0.1) is 31.4 Å². The summed E-state index contributed by atoms with van der Waals surface area (Å²) in [5.74, 6) is -0.263. The first-order valence-corrected chi connectivity index (χ1v) is 12.2. The van der Waals surface area contributed by atoms with Crippen LogP contribution < -0.4 is 9.47 Å². The molecule has 1 atom stereocenters. The number of benzene rings is 2. The number of rotatable bonds is 13. The SMILES string of the molecule is CCCCCOc1cccc(C2/C(=C(\O)c3ccc(OCCC)cc3)C(=O)C(=O)N2CCOC)c1. The zero-order chi connectivity index (χ0) is 25.2. The van der Waals surface area contributed by atoms with E-state index in [1.54, 1.807) is 31.4 Å². The van der Waals surface area contributed by atoms with Gasteiger partial charge in [-0.1, -0.05) is 38.8 Å². The Kier molecular flexibility index (Phi) is 9.73. The highest BCUT2D eigenvalue weighted by Crippen LogP contribution is 2.40. The van der Waals surface area contributed by atoms with Gasteiger partial charge in [-0.3, -0.25) is 9.59 Å². The number of amides is 1. The first-order chi connectivity index (χ1) is 17.0. The van der Waals surface area contributed by atoms with E-state index in [-0.39, 0.29) is 24.5 Å². The monoisotopic (exact) mass is 481 g/mol. The number of nitrogens with zero attached hydrogens (tertiary/aromatic N) is 1. The number of unbranched alkanes of at least 4 members (excludes halogenated alkanes) is 2. The Morgan fingerprint density at radius 1 is 0.914 bits per heavy atom. The van der Waals surface area contributed by atoms with E-state index in [1.807, 2.05) is 31.2 Å². The van der Waals surface area contributed by atoms with Gasteiger partial charge in [-0.05, 0) is 54.8 Å². The highest BCUT2D eigenvalue weighted by molar-refractivity contribution is 6.46. The normalized spacial score (nSPS) is 17.1. The number of carbonyl (C=O) groups is 2. The number of carbonyl (C=O) groups excluding carboxylic acids is 2. The fourth-order valence-corrected chi connectivity index (χ4v) is 4.05. The maximum absolute atomic E-state index is 13.1. The molecule has 2 aromatic rings. The van der Waals surface area contributed by atoms with Gasteiger partial charge in [0.1, 0.15) is 17.3 Å². The number of hydrogen-bond acceptors (Lipinski definition) is 6. The smallest absolute Gasteiger partial charge is 0.295 e. The third-order valence-corrected chi connectivity index (χ3v) is 5.87. The largest absolute Gasteiger partial charge is 0.507 e. The van der Waals surface area contributed by atoms with Gasteiger partial charge >= 0.3 is 0 Å². The Morgan fingerprint density at radius 3 is 2.34 bits per heavy atom. The van der Waals surface area contributed by atoms with E-state index in [2.05, 4.69) is 6.92 Å². The molecule has 1 unspecified atom stereocenters. The molecule has 1 saturated heterocycles. The molecule has 1 amide bonds. The van der Waals surface area contributed by atoms with Gasteiger partial charge in [0.25, 0.3) is 11.7 Å². The first-order valence-electron chi connectivity index (χ1n) is 12.2. The second kappa shape index (κ2) is 13.0. The van der Waals surface area contributed by atoms with Crippen molar-refractivity contribution >= 4 is 17.4 Å². The van der Waals surface area contributed by atoms with Gasteiger partial charge in [0.15, 0.2) is 0 Å². The summed E-state index contributed by atoms with van der Waals surface area (Å²) in [6.07, 6.45) is 4.02. The average molecular weight is 482 g/mol. The minimum atomic E-state index is -0.750. The van der Waals surface area contributed by atoms with Crippen LogP contribution in [0.3, 0.4) is 0 Å². The van der Waals surface area contributed by atoms with E-state index in [0.717, 1.165) is 25.7 Å². The van der Waals surface area contributed by atoms with Crippen LogP contribution in [0.25, 0.3) is 5.76 Å². The second-order valence-corrected chi connectivity index (χ2v) is 8.49. The molecule has 0 aliphatic carbocycles. The number of Topliss-reactive ketones (excluding diaryl/α,β-unsaturated/α-hetero) is 1. The van der Waals surface area contributed by atoms with Gasteiger partial charge in [-0.15, -0.1) is 0 Å². The Morgan fingerprint density at radius 2 is 1.66 bits per heavy atom. The van der Waals surface area contributed by atoms with E-state index >= 15 is 0 Å². The van der Waals surface area contributed by atoms with E-state index < -0.39 is 17.7 Å². The van der Waals surface area contributed by atoms with E-state index in [4.69, 9.17) is 14.2 Å². The Bertz CT molecular complexity index is 1030. The van der Waals surface area contributed by atoms with Crippen LogP contribution >= 0.6 is 0 Å². The van der Waals surface area contributed by atoms with Crippen molar-refractivity contribution in [2.75, 3.05) is 33.5 Å². The van der Waals surface area contributed by atoms with Crippen molar-refractivity contribution in [2.24, 2.45) is 0 Å². The average Bonchev–Trinajstić information content (AvgIpc) is 3.13. The van der Waals surface area contributed by atoms with Crippen LogP contribution in [0.1, 0.15) is 56.7 Å². The van der Waals surface area contributed by atoms with Crippen molar-refractivity contribution in [1.82, 2.24) is 4.90 Å². The summed E-state index contributed by atoms with van der Waals surface area (Å²) in [4.78, 5) is 27.5. The first kappa shape index (κ1) is 26.3. The molecular formula is C28H35NO6. The summed E-state index contributed by atoms with van der Waals surface area (Å²) in [5.41, 5.74) is 1.18. The fourth-order valence-electron chi connectivity index (χ4n) is 4.05. The topological polar surface area (TPSA) is 85.3 Å². The van der Waals surface area contributed by atoms with Crippen LogP contribution in [0.5, 0.6) is 11.5 Å². The van der Waals surface area contributed by atoms with E-state index in [1.165, 1.54) is 4.90 Å². The van der Waals surface area contributed by atoms with Crippen molar-refractivity contribution < 1.29 is 28.9 Å². The molecule has 2 aromatic carbocycles. The van der Waals surface area contributed by atoms with Crippen LogP contribution in [0.2, 0.25) is 0 Å². The fraction of sp³-hybridized carbons (Fsp3) is 0.429. The van der Waals surface area contributed by atoms with Crippen LogP contribution in [0, 0.1) is 0 Å². The summed E-state index contributed by atoms with van der Waals surface area (Å²) in [5, 5.41) is 11.2. The summed E-state index contributed by atoms with van der Waals surface area (Å²) in [6, 6.07) is 13.5. The molecule has 35 heavy (non-hydrogen) atoms. The molecule has 1 aliphatic rings. The molecule has 0 spiro atoms. The molecule has 1 fully saturated rings. The van der Waals surface area contributed by atoms with Crippen LogP contribution in [0.4, 0.5) is 0 Å². The molecule has 1 N–H and O–H groups in total. The molecule has 7 nitrogen and oxygen atoms in total. The van der Waals surface area contributed by atoms with Crippen molar-refractivity contribution in [3.63, 3.8) is 0 Å². The summed E-state index contributed by atoms with van der Waals surface area (Å²) >= 11 is 0. The quantitative estimate of drug-likeness (QED) is 0.185. The standard InChI is InChI=1S/C28H35NO6/c1-4-6-7-17-35-23-10-8-9-21(19-23)25-24(27(31)28(32)29(25)15-18-33-3)26(30)20-11-13-22(14-12-20)34-16-5-2/h8-14,19,25,30H,4-7,15-18H2,1-3H3/b26-24+. The van der Waals surface area contributed by atoms with E-state index in [0.29, 0.717) is 35.8 Å². The third kappa shape index (κ3) is 6.42.